The summed E-state index contributed by atoms with van der Waals surface area (Å²) in [5.41, 5.74) is -0.214. The number of ketones is 1. The van der Waals surface area contributed by atoms with E-state index in [1.54, 1.807) is 18.2 Å². The first-order valence-electron chi connectivity index (χ1n) is 6.00. The number of hydrogen-bond donors (Lipinski definition) is 0. The summed E-state index contributed by atoms with van der Waals surface area (Å²) in [5, 5.41) is 0.551. The topological polar surface area (TPSA) is 17.1 Å². The van der Waals surface area contributed by atoms with E-state index in [2.05, 4.69) is 15.9 Å². The van der Waals surface area contributed by atoms with Crippen molar-refractivity contribution in [1.29, 1.82) is 0 Å². The molecule has 0 aromatic heterocycles. The minimum absolute atomic E-state index is 0.106. The van der Waals surface area contributed by atoms with Crippen LogP contribution < -0.4 is 0 Å². The summed E-state index contributed by atoms with van der Waals surface area (Å²) in [5.74, 6) is -1.61. The van der Waals surface area contributed by atoms with Gasteiger partial charge in [-0.25, -0.2) is 8.78 Å². The second-order valence-corrected chi connectivity index (χ2v) is 6.54. The predicted octanol–water partition coefficient (Wildman–Crippen LogP) is 5.28. The Balaban J connectivity index is 2.03. The van der Waals surface area contributed by atoms with Gasteiger partial charge in [0.15, 0.2) is 0 Å². The predicted molar refractivity (Wildman–Crippen MR) is 84.9 cm³/mol. The van der Waals surface area contributed by atoms with Crippen molar-refractivity contribution in [2.45, 2.75) is 11.3 Å². The van der Waals surface area contributed by atoms with Gasteiger partial charge in [0.25, 0.3) is 0 Å². The molecule has 2 aromatic rings. The quantitative estimate of drug-likeness (QED) is 0.509. The zero-order valence-electron chi connectivity index (χ0n) is 10.7. The number of Topliss-reactive ketones (excluding diaryl/α,β-unsaturated/α-hetero) is 1. The summed E-state index contributed by atoms with van der Waals surface area (Å²) >= 11 is 10.2. The van der Waals surface area contributed by atoms with E-state index in [1.807, 2.05) is 6.07 Å². The van der Waals surface area contributed by atoms with Gasteiger partial charge in [-0.15, -0.1) is 11.8 Å². The molecule has 0 amide bonds. The summed E-state index contributed by atoms with van der Waals surface area (Å²) in [7, 11) is 0. The SMILES string of the molecule is O=C(CSc1ccccc1Cl)Cc1c(F)ccc(Br)c1F. The molecule has 2 rings (SSSR count). The molecule has 21 heavy (non-hydrogen) atoms. The Hall–Kier alpha value is -0.910. The molecular weight excluding hydrogens is 382 g/mol. The van der Waals surface area contributed by atoms with Gasteiger partial charge in [-0.3, -0.25) is 4.79 Å². The maximum absolute atomic E-state index is 13.8. The highest BCUT2D eigenvalue weighted by atomic mass is 79.9. The zero-order valence-corrected chi connectivity index (χ0v) is 13.9. The number of rotatable bonds is 5. The Labute approximate surface area is 138 Å². The molecule has 0 radical (unpaired) electrons. The van der Waals surface area contributed by atoms with E-state index in [4.69, 9.17) is 11.6 Å². The lowest BCUT2D eigenvalue weighted by atomic mass is 10.1. The standard InChI is InChI=1S/C15H10BrClF2OS/c16-11-5-6-13(18)10(15(11)19)7-9(20)8-21-14-4-2-1-3-12(14)17/h1-6H,7-8H2. The van der Waals surface area contributed by atoms with Crippen LogP contribution in [0.4, 0.5) is 8.78 Å². The molecule has 0 bridgehead atoms. The van der Waals surface area contributed by atoms with Crippen molar-refractivity contribution >= 4 is 45.1 Å². The molecule has 0 N–H and O–H groups in total. The lowest BCUT2D eigenvalue weighted by Crippen LogP contribution is -2.09. The third kappa shape index (κ3) is 4.28. The molecule has 0 unspecified atom stereocenters. The molecule has 110 valence electrons. The lowest BCUT2D eigenvalue weighted by molar-refractivity contribution is -0.116. The summed E-state index contributed by atoms with van der Waals surface area (Å²) in [4.78, 5) is 12.7. The highest BCUT2D eigenvalue weighted by Gasteiger charge is 2.16. The van der Waals surface area contributed by atoms with E-state index in [0.29, 0.717) is 5.02 Å². The fraction of sp³-hybridized carbons (Fsp3) is 0.133. The molecule has 6 heteroatoms. The van der Waals surface area contributed by atoms with Gasteiger partial charge in [0.1, 0.15) is 17.4 Å². The Morgan fingerprint density at radius 2 is 1.90 bits per heavy atom. The maximum atomic E-state index is 13.8. The smallest absolute Gasteiger partial charge is 0.147 e. The molecule has 0 saturated heterocycles. The summed E-state index contributed by atoms with van der Waals surface area (Å²) in [6.45, 7) is 0. The zero-order chi connectivity index (χ0) is 15.4. The average Bonchev–Trinajstić information content (AvgIpc) is 2.47. The second kappa shape index (κ2) is 7.38. The Morgan fingerprint density at radius 1 is 1.19 bits per heavy atom. The van der Waals surface area contributed by atoms with E-state index in [9.17, 15) is 13.6 Å². The van der Waals surface area contributed by atoms with Crippen LogP contribution in [0.5, 0.6) is 0 Å². The van der Waals surface area contributed by atoms with Gasteiger partial charge >= 0.3 is 0 Å². The molecular formula is C15H10BrClF2OS. The van der Waals surface area contributed by atoms with Gasteiger partial charge in [-0.05, 0) is 40.2 Å². The molecule has 0 saturated carbocycles. The van der Waals surface area contributed by atoms with E-state index in [-0.39, 0.29) is 28.0 Å². The van der Waals surface area contributed by atoms with Crippen LogP contribution in [0.1, 0.15) is 5.56 Å². The summed E-state index contributed by atoms with van der Waals surface area (Å²) in [6, 6.07) is 9.53. The minimum atomic E-state index is -0.730. The molecule has 0 atom stereocenters. The second-order valence-electron chi connectivity index (χ2n) is 4.26. The first-order chi connectivity index (χ1) is 9.99. The number of thioether (sulfide) groups is 1. The molecule has 1 nitrogen and oxygen atoms in total. The van der Waals surface area contributed by atoms with Crippen LogP contribution in [-0.4, -0.2) is 11.5 Å². The number of carbonyl (C=O) groups excluding carboxylic acids is 1. The van der Waals surface area contributed by atoms with Gasteiger partial charge in [0, 0.05) is 16.9 Å². The van der Waals surface area contributed by atoms with Gasteiger partial charge in [-0.2, -0.15) is 0 Å². The van der Waals surface area contributed by atoms with Crippen LogP contribution in [0.15, 0.2) is 45.8 Å². The van der Waals surface area contributed by atoms with Crippen LogP contribution in [0, 0.1) is 11.6 Å². The minimum Gasteiger partial charge on any atom is -0.298 e. The van der Waals surface area contributed by atoms with E-state index in [0.717, 1.165) is 11.0 Å². The van der Waals surface area contributed by atoms with Crippen molar-refractivity contribution in [3.8, 4) is 0 Å². The monoisotopic (exact) mass is 390 g/mol. The van der Waals surface area contributed by atoms with Gasteiger partial charge in [-0.1, -0.05) is 23.7 Å². The highest BCUT2D eigenvalue weighted by molar-refractivity contribution is 9.10. The van der Waals surface area contributed by atoms with Crippen LogP contribution in [0.3, 0.4) is 0 Å². The van der Waals surface area contributed by atoms with Crippen LogP contribution in [0.2, 0.25) is 5.02 Å². The molecule has 0 aliphatic heterocycles. The molecule has 0 aliphatic rings. The van der Waals surface area contributed by atoms with Gasteiger partial charge in [0.05, 0.1) is 15.2 Å². The van der Waals surface area contributed by atoms with Crippen LogP contribution >= 0.6 is 39.3 Å². The van der Waals surface area contributed by atoms with Gasteiger partial charge < -0.3 is 0 Å². The van der Waals surface area contributed by atoms with E-state index >= 15 is 0 Å². The largest absolute Gasteiger partial charge is 0.298 e. The number of benzene rings is 2. The summed E-state index contributed by atoms with van der Waals surface area (Å²) in [6.07, 6.45) is -0.283. The molecule has 2 aromatic carbocycles. The van der Waals surface area contributed by atoms with E-state index < -0.39 is 11.6 Å². The Kier molecular flexibility index (Phi) is 5.79. The first kappa shape index (κ1) is 16.5. The first-order valence-corrected chi connectivity index (χ1v) is 8.16. The Morgan fingerprint density at radius 3 is 2.62 bits per heavy atom. The van der Waals surface area contributed by atoms with Crippen molar-refractivity contribution in [3.63, 3.8) is 0 Å². The normalized spacial score (nSPS) is 10.7. The molecule has 0 fully saturated rings. The maximum Gasteiger partial charge on any atom is 0.147 e. The van der Waals surface area contributed by atoms with Gasteiger partial charge in [0.2, 0.25) is 0 Å². The fourth-order valence-corrected chi connectivity index (χ4v) is 3.17. The highest BCUT2D eigenvalue weighted by Crippen LogP contribution is 2.27. The number of hydrogen-bond acceptors (Lipinski definition) is 2. The molecule has 0 spiro atoms. The van der Waals surface area contributed by atoms with Crippen LogP contribution in [-0.2, 0) is 11.2 Å². The molecule has 0 heterocycles. The third-order valence-electron chi connectivity index (χ3n) is 2.74. The van der Waals surface area contributed by atoms with Crippen molar-refractivity contribution in [2.75, 3.05) is 5.75 Å². The van der Waals surface area contributed by atoms with E-state index in [1.165, 1.54) is 17.8 Å². The van der Waals surface area contributed by atoms with Crippen molar-refractivity contribution in [3.05, 3.63) is 63.1 Å². The average molecular weight is 392 g/mol. The molecule has 0 aliphatic carbocycles. The van der Waals surface area contributed by atoms with Crippen LogP contribution in [0.25, 0.3) is 0 Å². The number of halogens is 4. The summed E-state index contributed by atoms with van der Waals surface area (Å²) < 4.78 is 27.5. The van der Waals surface area contributed by atoms with Crippen molar-refractivity contribution in [1.82, 2.24) is 0 Å². The van der Waals surface area contributed by atoms with Crippen molar-refractivity contribution < 1.29 is 13.6 Å². The third-order valence-corrected chi connectivity index (χ3v) is 4.93. The number of carbonyl (C=O) groups is 1. The van der Waals surface area contributed by atoms with Crippen molar-refractivity contribution in [2.24, 2.45) is 0 Å². The fourth-order valence-electron chi connectivity index (χ4n) is 1.70. The lowest BCUT2D eigenvalue weighted by Gasteiger charge is -2.07. The Bertz CT molecular complexity index is 679.